The molecule has 1 amide bonds. The molecule has 2 aromatic carbocycles. The standard InChI is InChI=1S/C20H20N2O2/c1-21-13-18(17-8-4-6-15-5-2-3-7-16(15)17)19(14-21)20(23)22-9-11-24-12-10-22/h2-8,13-14H,9-12H2,1H3. The number of aromatic nitrogens is 1. The largest absolute Gasteiger partial charge is 0.378 e. The molecular weight excluding hydrogens is 300 g/mol. The normalized spacial score (nSPS) is 15.0. The Morgan fingerprint density at radius 2 is 1.71 bits per heavy atom. The Bertz CT molecular complexity index is 886. The first kappa shape index (κ1) is 15.0. The zero-order valence-corrected chi connectivity index (χ0v) is 13.7. The molecule has 4 heteroatoms. The van der Waals surface area contributed by atoms with Crippen LogP contribution in [0.1, 0.15) is 10.4 Å². The fourth-order valence-electron chi connectivity index (χ4n) is 3.37. The van der Waals surface area contributed by atoms with Gasteiger partial charge in [0.2, 0.25) is 0 Å². The fraction of sp³-hybridized carbons (Fsp3) is 0.250. The summed E-state index contributed by atoms with van der Waals surface area (Å²) in [5, 5.41) is 2.35. The van der Waals surface area contributed by atoms with Gasteiger partial charge in [0, 0.05) is 38.1 Å². The Morgan fingerprint density at radius 1 is 0.958 bits per heavy atom. The Morgan fingerprint density at radius 3 is 2.54 bits per heavy atom. The van der Waals surface area contributed by atoms with Gasteiger partial charge >= 0.3 is 0 Å². The van der Waals surface area contributed by atoms with Crippen molar-refractivity contribution < 1.29 is 9.53 Å². The van der Waals surface area contributed by atoms with E-state index in [1.165, 1.54) is 10.8 Å². The quantitative estimate of drug-likeness (QED) is 0.726. The van der Waals surface area contributed by atoms with E-state index >= 15 is 0 Å². The van der Waals surface area contributed by atoms with Crippen molar-refractivity contribution in [2.24, 2.45) is 7.05 Å². The molecule has 0 radical (unpaired) electrons. The molecule has 1 aromatic heterocycles. The number of nitrogens with zero attached hydrogens (tertiary/aromatic N) is 2. The van der Waals surface area contributed by atoms with E-state index in [2.05, 4.69) is 24.3 Å². The summed E-state index contributed by atoms with van der Waals surface area (Å²) >= 11 is 0. The van der Waals surface area contributed by atoms with Crippen LogP contribution < -0.4 is 0 Å². The van der Waals surface area contributed by atoms with Crippen molar-refractivity contribution in [2.75, 3.05) is 26.3 Å². The number of fused-ring (bicyclic) bond motifs is 1. The maximum absolute atomic E-state index is 13.0. The minimum Gasteiger partial charge on any atom is -0.378 e. The Labute approximate surface area is 141 Å². The fourth-order valence-corrected chi connectivity index (χ4v) is 3.37. The highest BCUT2D eigenvalue weighted by atomic mass is 16.5. The van der Waals surface area contributed by atoms with Crippen molar-refractivity contribution >= 4 is 16.7 Å². The molecule has 4 rings (SSSR count). The number of aryl methyl sites for hydroxylation is 1. The molecule has 1 aliphatic heterocycles. The van der Waals surface area contributed by atoms with E-state index in [1.54, 1.807) is 0 Å². The minimum atomic E-state index is 0.0850. The highest BCUT2D eigenvalue weighted by Crippen LogP contribution is 2.32. The monoisotopic (exact) mass is 320 g/mol. The van der Waals surface area contributed by atoms with Crippen molar-refractivity contribution in [3.05, 3.63) is 60.4 Å². The summed E-state index contributed by atoms with van der Waals surface area (Å²) in [5.74, 6) is 0.0850. The molecule has 0 N–H and O–H groups in total. The predicted molar refractivity (Wildman–Crippen MR) is 95.1 cm³/mol. The summed E-state index contributed by atoms with van der Waals surface area (Å²) in [6.45, 7) is 2.54. The summed E-state index contributed by atoms with van der Waals surface area (Å²) in [4.78, 5) is 14.9. The number of carbonyl (C=O) groups is 1. The maximum Gasteiger partial charge on any atom is 0.256 e. The third-order valence-corrected chi connectivity index (χ3v) is 4.56. The second-order valence-corrected chi connectivity index (χ2v) is 6.18. The van der Waals surface area contributed by atoms with Crippen molar-refractivity contribution in [2.45, 2.75) is 0 Å². The average molecular weight is 320 g/mol. The second kappa shape index (κ2) is 6.13. The molecule has 4 nitrogen and oxygen atoms in total. The van der Waals surface area contributed by atoms with Crippen LogP contribution in [0.2, 0.25) is 0 Å². The first-order valence-corrected chi connectivity index (χ1v) is 8.25. The summed E-state index contributed by atoms with van der Waals surface area (Å²) in [6, 6.07) is 14.5. The lowest BCUT2D eigenvalue weighted by atomic mass is 9.97. The molecular formula is C20H20N2O2. The molecule has 0 spiro atoms. The highest BCUT2D eigenvalue weighted by molar-refractivity contribution is 6.06. The van der Waals surface area contributed by atoms with Gasteiger partial charge < -0.3 is 14.2 Å². The topological polar surface area (TPSA) is 34.5 Å². The highest BCUT2D eigenvalue weighted by Gasteiger charge is 2.23. The molecule has 1 saturated heterocycles. The minimum absolute atomic E-state index is 0.0850. The number of hydrogen-bond acceptors (Lipinski definition) is 2. The maximum atomic E-state index is 13.0. The van der Waals surface area contributed by atoms with Crippen LogP contribution in [0, 0.1) is 0 Å². The molecule has 0 unspecified atom stereocenters. The van der Waals surface area contributed by atoms with Crippen molar-refractivity contribution in [3.8, 4) is 11.1 Å². The number of ether oxygens (including phenoxy) is 1. The zero-order valence-electron chi connectivity index (χ0n) is 13.7. The molecule has 0 aliphatic carbocycles. The smallest absolute Gasteiger partial charge is 0.256 e. The van der Waals surface area contributed by atoms with Crippen molar-refractivity contribution in [3.63, 3.8) is 0 Å². The number of hydrogen-bond donors (Lipinski definition) is 0. The van der Waals surface area contributed by atoms with Crippen LogP contribution in [0.4, 0.5) is 0 Å². The van der Waals surface area contributed by atoms with Gasteiger partial charge in [0.15, 0.2) is 0 Å². The molecule has 1 fully saturated rings. The van der Waals surface area contributed by atoms with Gasteiger partial charge in [-0.05, 0) is 16.3 Å². The number of morpholine rings is 1. The van der Waals surface area contributed by atoms with Gasteiger partial charge in [0.25, 0.3) is 5.91 Å². The molecule has 0 atom stereocenters. The van der Waals surface area contributed by atoms with Crippen molar-refractivity contribution in [1.82, 2.24) is 9.47 Å². The lowest BCUT2D eigenvalue weighted by Gasteiger charge is -2.27. The van der Waals surface area contributed by atoms with Crippen LogP contribution in [0.25, 0.3) is 21.9 Å². The van der Waals surface area contributed by atoms with E-state index < -0.39 is 0 Å². The van der Waals surface area contributed by atoms with Crippen LogP contribution in [0.3, 0.4) is 0 Å². The molecule has 0 bridgehead atoms. The number of benzene rings is 2. The van der Waals surface area contributed by atoms with Crippen LogP contribution in [-0.4, -0.2) is 41.7 Å². The third-order valence-electron chi connectivity index (χ3n) is 4.56. The first-order valence-electron chi connectivity index (χ1n) is 8.25. The Kier molecular flexibility index (Phi) is 3.82. The number of carbonyl (C=O) groups excluding carboxylic acids is 1. The van der Waals surface area contributed by atoms with Crippen LogP contribution >= 0.6 is 0 Å². The van der Waals surface area contributed by atoms with Crippen LogP contribution in [0.15, 0.2) is 54.9 Å². The summed E-state index contributed by atoms with van der Waals surface area (Å²) in [5.41, 5.74) is 2.85. The van der Waals surface area contributed by atoms with E-state index in [0.717, 1.165) is 16.7 Å². The third kappa shape index (κ3) is 2.59. The van der Waals surface area contributed by atoms with Crippen molar-refractivity contribution in [1.29, 1.82) is 0 Å². The van der Waals surface area contributed by atoms with Gasteiger partial charge in [-0.3, -0.25) is 4.79 Å². The van der Waals surface area contributed by atoms with Gasteiger partial charge in [-0.25, -0.2) is 0 Å². The van der Waals surface area contributed by atoms with Gasteiger partial charge in [-0.1, -0.05) is 42.5 Å². The molecule has 24 heavy (non-hydrogen) atoms. The summed E-state index contributed by atoms with van der Waals surface area (Å²) < 4.78 is 7.33. The Balaban J connectivity index is 1.82. The summed E-state index contributed by atoms with van der Waals surface area (Å²) in [6.07, 6.45) is 3.96. The zero-order chi connectivity index (χ0) is 16.5. The predicted octanol–water partition coefficient (Wildman–Crippen LogP) is 3.32. The molecule has 3 aromatic rings. The van der Waals surface area contributed by atoms with E-state index in [9.17, 15) is 4.79 Å². The molecule has 122 valence electrons. The Hall–Kier alpha value is -2.59. The average Bonchev–Trinajstić information content (AvgIpc) is 3.03. The van der Waals surface area contributed by atoms with Gasteiger partial charge in [-0.2, -0.15) is 0 Å². The number of amides is 1. The van der Waals surface area contributed by atoms with E-state index in [4.69, 9.17) is 4.74 Å². The van der Waals surface area contributed by atoms with Gasteiger partial charge in [-0.15, -0.1) is 0 Å². The van der Waals surface area contributed by atoms with E-state index in [0.29, 0.717) is 26.3 Å². The van der Waals surface area contributed by atoms with Crippen LogP contribution in [-0.2, 0) is 11.8 Å². The summed E-state index contributed by atoms with van der Waals surface area (Å²) in [7, 11) is 1.96. The molecule has 0 saturated carbocycles. The lowest BCUT2D eigenvalue weighted by molar-refractivity contribution is 0.0303. The first-order chi connectivity index (χ1) is 11.7. The van der Waals surface area contributed by atoms with Crippen LogP contribution in [0.5, 0.6) is 0 Å². The molecule has 1 aliphatic rings. The van der Waals surface area contributed by atoms with E-state index in [1.807, 2.05) is 47.1 Å². The molecule has 2 heterocycles. The van der Waals surface area contributed by atoms with E-state index in [-0.39, 0.29) is 5.91 Å². The second-order valence-electron chi connectivity index (χ2n) is 6.18. The SMILES string of the molecule is Cn1cc(C(=O)N2CCOCC2)c(-c2cccc3ccccc23)c1. The van der Waals surface area contributed by atoms with Gasteiger partial charge in [0.05, 0.1) is 18.8 Å². The lowest BCUT2D eigenvalue weighted by Crippen LogP contribution is -2.40. The van der Waals surface area contributed by atoms with Gasteiger partial charge in [0.1, 0.15) is 0 Å². The number of rotatable bonds is 2.